The molecule has 0 saturated carbocycles. The lowest BCUT2D eigenvalue weighted by Gasteiger charge is -2.16. The Morgan fingerprint density at radius 1 is 1.38 bits per heavy atom. The number of hydrogen-bond acceptors (Lipinski definition) is 2. The molecule has 1 fully saturated rings. The Balaban J connectivity index is 1.92. The van der Waals surface area contributed by atoms with Gasteiger partial charge in [-0.25, -0.2) is 0 Å². The smallest absolute Gasteiger partial charge is 0.0708 e. The van der Waals surface area contributed by atoms with Crippen LogP contribution >= 0.6 is 0 Å². The fourth-order valence-electron chi connectivity index (χ4n) is 2.37. The van der Waals surface area contributed by atoms with E-state index in [1.807, 2.05) is 6.07 Å². The maximum Gasteiger partial charge on any atom is 0.0708 e. The van der Waals surface area contributed by atoms with Crippen LogP contribution in [0.2, 0.25) is 0 Å². The molecule has 2 heteroatoms. The van der Waals surface area contributed by atoms with Crippen molar-refractivity contribution < 1.29 is 5.11 Å². The monoisotopic (exact) mass is 219 g/mol. The van der Waals surface area contributed by atoms with E-state index in [-0.39, 0.29) is 6.10 Å². The summed E-state index contributed by atoms with van der Waals surface area (Å²) >= 11 is 0. The van der Waals surface area contributed by atoms with Gasteiger partial charge in [0.2, 0.25) is 0 Å². The van der Waals surface area contributed by atoms with Crippen LogP contribution in [-0.2, 0) is 0 Å². The second-order valence-corrected chi connectivity index (χ2v) is 4.71. The van der Waals surface area contributed by atoms with Gasteiger partial charge in [-0.05, 0) is 18.9 Å². The molecule has 0 amide bonds. The van der Waals surface area contributed by atoms with Crippen molar-refractivity contribution in [3.05, 3.63) is 35.9 Å². The molecule has 2 nitrogen and oxygen atoms in total. The highest BCUT2D eigenvalue weighted by atomic mass is 16.3. The molecule has 1 aromatic rings. The van der Waals surface area contributed by atoms with Crippen LogP contribution in [0.1, 0.15) is 38.3 Å². The minimum Gasteiger partial charge on any atom is -0.391 e. The summed E-state index contributed by atoms with van der Waals surface area (Å²) in [7, 11) is 0. The van der Waals surface area contributed by atoms with Crippen LogP contribution in [0.25, 0.3) is 0 Å². The second-order valence-electron chi connectivity index (χ2n) is 4.71. The Hall–Kier alpha value is -0.860. The molecule has 0 spiro atoms. The highest BCUT2D eigenvalue weighted by Gasteiger charge is 2.42. The molecular weight excluding hydrogens is 198 g/mol. The van der Waals surface area contributed by atoms with Crippen LogP contribution < -0.4 is 0 Å². The van der Waals surface area contributed by atoms with E-state index in [1.54, 1.807) is 0 Å². The van der Waals surface area contributed by atoms with E-state index in [2.05, 4.69) is 43.0 Å². The summed E-state index contributed by atoms with van der Waals surface area (Å²) in [5, 5.41) is 9.91. The zero-order valence-corrected chi connectivity index (χ0v) is 10.1. The highest BCUT2D eigenvalue weighted by Crippen LogP contribution is 2.34. The van der Waals surface area contributed by atoms with Gasteiger partial charge in [0.05, 0.1) is 6.10 Å². The van der Waals surface area contributed by atoms with Gasteiger partial charge in [-0.2, -0.15) is 0 Å². The molecule has 0 aromatic heterocycles. The Morgan fingerprint density at radius 3 is 2.69 bits per heavy atom. The van der Waals surface area contributed by atoms with Gasteiger partial charge < -0.3 is 5.11 Å². The van der Waals surface area contributed by atoms with Crippen molar-refractivity contribution >= 4 is 0 Å². The van der Waals surface area contributed by atoms with Gasteiger partial charge >= 0.3 is 0 Å². The SMILES string of the molecule is CCC[C@@H](O)[C@H]1CN1[C@H](C)c1ccccc1. The number of aliphatic hydroxyl groups is 1. The quantitative estimate of drug-likeness (QED) is 0.769. The topological polar surface area (TPSA) is 23.2 Å². The van der Waals surface area contributed by atoms with E-state index in [4.69, 9.17) is 0 Å². The fraction of sp³-hybridized carbons (Fsp3) is 0.571. The van der Waals surface area contributed by atoms with Crippen LogP contribution in [0.5, 0.6) is 0 Å². The summed E-state index contributed by atoms with van der Waals surface area (Å²) in [4.78, 5) is 2.37. The Morgan fingerprint density at radius 2 is 2.06 bits per heavy atom. The van der Waals surface area contributed by atoms with Gasteiger partial charge in [0.25, 0.3) is 0 Å². The normalized spacial score (nSPS) is 27.4. The van der Waals surface area contributed by atoms with Gasteiger partial charge in [-0.1, -0.05) is 43.7 Å². The number of hydrogen-bond donors (Lipinski definition) is 1. The average Bonchev–Trinajstić information content (AvgIpc) is 3.09. The summed E-state index contributed by atoms with van der Waals surface area (Å²) in [6, 6.07) is 11.3. The molecule has 1 aromatic carbocycles. The van der Waals surface area contributed by atoms with Crippen LogP contribution in [0, 0.1) is 0 Å². The lowest BCUT2D eigenvalue weighted by atomic mass is 10.1. The minimum absolute atomic E-state index is 0.142. The van der Waals surface area contributed by atoms with Crippen molar-refractivity contribution in [2.75, 3.05) is 6.54 Å². The maximum absolute atomic E-state index is 9.91. The second kappa shape index (κ2) is 4.98. The zero-order chi connectivity index (χ0) is 11.5. The molecule has 1 N–H and O–H groups in total. The molecular formula is C14H21NO. The molecule has 0 radical (unpaired) electrons. The average molecular weight is 219 g/mol. The molecule has 2 rings (SSSR count). The molecule has 16 heavy (non-hydrogen) atoms. The highest BCUT2D eigenvalue weighted by molar-refractivity contribution is 5.20. The molecule has 88 valence electrons. The standard InChI is InChI=1S/C14H21NO/c1-3-7-14(16)13-10-15(13)11(2)12-8-5-4-6-9-12/h4-6,8-9,11,13-14,16H,3,7,10H2,1-2H3/t11-,13-,14-,15?/m1/s1. The zero-order valence-electron chi connectivity index (χ0n) is 10.1. The van der Waals surface area contributed by atoms with Gasteiger partial charge in [0.15, 0.2) is 0 Å². The van der Waals surface area contributed by atoms with Gasteiger partial charge in [-0.15, -0.1) is 0 Å². The summed E-state index contributed by atoms with van der Waals surface area (Å²) in [6.45, 7) is 5.38. The first kappa shape index (κ1) is 11.6. The van der Waals surface area contributed by atoms with E-state index >= 15 is 0 Å². The molecule has 1 heterocycles. The maximum atomic E-state index is 9.91. The summed E-state index contributed by atoms with van der Waals surface area (Å²) < 4.78 is 0. The molecule has 1 saturated heterocycles. The van der Waals surface area contributed by atoms with Crippen molar-refractivity contribution in [3.63, 3.8) is 0 Å². The predicted octanol–water partition coefficient (Wildman–Crippen LogP) is 2.59. The first-order valence-electron chi connectivity index (χ1n) is 6.22. The third-order valence-corrected chi connectivity index (χ3v) is 3.50. The fourth-order valence-corrected chi connectivity index (χ4v) is 2.37. The van der Waals surface area contributed by atoms with E-state index in [1.165, 1.54) is 5.56 Å². The van der Waals surface area contributed by atoms with Gasteiger partial charge in [-0.3, -0.25) is 4.90 Å². The first-order chi connectivity index (χ1) is 7.74. The molecule has 0 aliphatic carbocycles. The van der Waals surface area contributed by atoms with Crippen molar-refractivity contribution in [2.45, 2.75) is 44.9 Å². The van der Waals surface area contributed by atoms with E-state index in [0.29, 0.717) is 12.1 Å². The molecule has 1 unspecified atom stereocenters. The third kappa shape index (κ3) is 2.45. The number of rotatable bonds is 5. The number of aliphatic hydroxyl groups excluding tert-OH is 1. The van der Waals surface area contributed by atoms with E-state index in [0.717, 1.165) is 19.4 Å². The lowest BCUT2D eigenvalue weighted by molar-refractivity contribution is 0.139. The summed E-state index contributed by atoms with van der Waals surface area (Å²) in [6.07, 6.45) is 1.84. The van der Waals surface area contributed by atoms with Crippen molar-refractivity contribution in [3.8, 4) is 0 Å². The van der Waals surface area contributed by atoms with Crippen molar-refractivity contribution in [1.82, 2.24) is 4.90 Å². The Labute approximate surface area is 97.9 Å². The Bertz CT molecular complexity index is 325. The predicted molar refractivity (Wildman–Crippen MR) is 66.3 cm³/mol. The molecule has 4 atom stereocenters. The molecule has 1 aliphatic heterocycles. The molecule has 1 aliphatic rings. The van der Waals surface area contributed by atoms with Crippen LogP contribution in [0.3, 0.4) is 0 Å². The Kier molecular flexibility index (Phi) is 3.62. The third-order valence-electron chi connectivity index (χ3n) is 3.50. The van der Waals surface area contributed by atoms with E-state index < -0.39 is 0 Å². The van der Waals surface area contributed by atoms with Gasteiger partial charge in [0, 0.05) is 18.6 Å². The van der Waals surface area contributed by atoms with Crippen molar-refractivity contribution in [2.24, 2.45) is 0 Å². The number of nitrogens with zero attached hydrogens (tertiary/aromatic N) is 1. The summed E-state index contributed by atoms with van der Waals surface area (Å²) in [5.41, 5.74) is 1.34. The van der Waals surface area contributed by atoms with Crippen LogP contribution in [0.4, 0.5) is 0 Å². The largest absolute Gasteiger partial charge is 0.391 e. The lowest BCUT2D eigenvalue weighted by Crippen LogP contribution is -2.20. The first-order valence-corrected chi connectivity index (χ1v) is 6.22. The van der Waals surface area contributed by atoms with Crippen LogP contribution in [0.15, 0.2) is 30.3 Å². The van der Waals surface area contributed by atoms with Crippen LogP contribution in [-0.4, -0.2) is 28.7 Å². The molecule has 0 bridgehead atoms. The summed E-state index contributed by atoms with van der Waals surface area (Å²) in [5.74, 6) is 0. The number of benzene rings is 1. The van der Waals surface area contributed by atoms with E-state index in [9.17, 15) is 5.11 Å². The minimum atomic E-state index is -0.142. The van der Waals surface area contributed by atoms with Gasteiger partial charge in [0.1, 0.15) is 0 Å². The van der Waals surface area contributed by atoms with Crippen molar-refractivity contribution in [1.29, 1.82) is 0 Å².